The summed E-state index contributed by atoms with van der Waals surface area (Å²) in [5.74, 6) is -1.11. The van der Waals surface area contributed by atoms with Crippen molar-refractivity contribution in [3.63, 3.8) is 0 Å². The Hall–Kier alpha value is -1.30. The minimum atomic E-state index is -1.11. The minimum absolute atomic E-state index is 0.472. The Balaban J connectivity index is 2.55. The fourth-order valence-electron chi connectivity index (χ4n) is 1.61. The minimum Gasteiger partial charge on any atom is -0.480 e. The Morgan fingerprint density at radius 2 is 2.12 bits per heavy atom. The molecular weight excluding hydrogens is 226 g/mol. The molecule has 0 unspecified atom stereocenters. The molecule has 1 aliphatic rings. The highest BCUT2D eigenvalue weighted by molar-refractivity contribution is 5.80. The summed E-state index contributed by atoms with van der Waals surface area (Å²) in [6.07, 6.45) is 0.234. The van der Waals surface area contributed by atoms with Crippen molar-refractivity contribution < 1.29 is 24.2 Å². The molecule has 2 atom stereocenters. The fraction of sp³-hybridized carbons (Fsp3) is 0.818. The van der Waals surface area contributed by atoms with Crippen LogP contribution in [0.25, 0.3) is 0 Å². The van der Waals surface area contributed by atoms with Gasteiger partial charge < -0.3 is 19.9 Å². The summed E-state index contributed by atoms with van der Waals surface area (Å²) in [6.45, 7) is 5.68. The van der Waals surface area contributed by atoms with Crippen LogP contribution < -0.4 is 5.32 Å². The molecule has 6 heteroatoms. The third kappa shape index (κ3) is 4.60. The van der Waals surface area contributed by atoms with Crippen LogP contribution in [0.2, 0.25) is 0 Å². The Bertz CT molecular complexity index is 291. The van der Waals surface area contributed by atoms with E-state index in [9.17, 15) is 9.59 Å². The molecule has 1 saturated heterocycles. The van der Waals surface area contributed by atoms with Crippen LogP contribution in [0.3, 0.4) is 0 Å². The lowest BCUT2D eigenvalue weighted by atomic mass is 10.1. The molecule has 0 radical (unpaired) electrons. The van der Waals surface area contributed by atoms with E-state index in [1.165, 1.54) is 0 Å². The van der Waals surface area contributed by atoms with Crippen LogP contribution in [0.4, 0.5) is 4.79 Å². The molecule has 0 spiro atoms. The number of alkyl carbamates (subject to hydrolysis) is 1. The van der Waals surface area contributed by atoms with Gasteiger partial charge in [-0.1, -0.05) is 0 Å². The van der Waals surface area contributed by atoms with Crippen molar-refractivity contribution in [2.75, 3.05) is 6.61 Å². The Kier molecular flexibility index (Phi) is 4.34. The van der Waals surface area contributed by atoms with Gasteiger partial charge in [0.05, 0.1) is 6.10 Å². The molecule has 1 heterocycles. The van der Waals surface area contributed by atoms with Crippen molar-refractivity contribution in [1.29, 1.82) is 0 Å². The van der Waals surface area contributed by atoms with E-state index >= 15 is 0 Å². The highest BCUT2D eigenvalue weighted by Crippen LogP contribution is 2.16. The van der Waals surface area contributed by atoms with E-state index in [1.807, 2.05) is 0 Å². The first-order valence-electron chi connectivity index (χ1n) is 5.63. The van der Waals surface area contributed by atoms with Gasteiger partial charge in [-0.3, -0.25) is 0 Å². The van der Waals surface area contributed by atoms with Crippen LogP contribution in [-0.4, -0.2) is 41.5 Å². The van der Waals surface area contributed by atoms with E-state index in [0.717, 1.165) is 6.42 Å². The lowest BCUT2D eigenvalue weighted by molar-refractivity contribution is -0.142. The topological polar surface area (TPSA) is 84.9 Å². The number of amides is 1. The van der Waals surface area contributed by atoms with E-state index < -0.39 is 29.8 Å². The number of carboxylic acids is 1. The zero-order chi connectivity index (χ0) is 13.1. The molecule has 0 aromatic heterocycles. The van der Waals surface area contributed by atoms with Gasteiger partial charge in [0.2, 0.25) is 0 Å². The Labute approximate surface area is 100 Å². The molecule has 1 rings (SSSR count). The van der Waals surface area contributed by atoms with Crippen molar-refractivity contribution in [2.24, 2.45) is 0 Å². The van der Waals surface area contributed by atoms with Gasteiger partial charge in [-0.15, -0.1) is 0 Å². The van der Waals surface area contributed by atoms with Gasteiger partial charge in [-0.25, -0.2) is 9.59 Å². The highest BCUT2D eigenvalue weighted by atomic mass is 16.6. The van der Waals surface area contributed by atoms with Crippen molar-refractivity contribution in [3.05, 3.63) is 0 Å². The van der Waals surface area contributed by atoms with E-state index in [2.05, 4.69) is 5.32 Å². The number of aliphatic carboxylic acids is 1. The standard InChI is InChI=1S/C11H19NO5/c1-11(2,3)17-10(15)12-8(9(13)14)7-5-4-6-16-7/h7-8H,4-6H2,1-3H3,(H,12,15)(H,13,14)/t7-,8-/m1/s1. The van der Waals surface area contributed by atoms with E-state index in [-0.39, 0.29) is 0 Å². The van der Waals surface area contributed by atoms with Crippen LogP contribution >= 0.6 is 0 Å². The predicted octanol–water partition coefficient (Wildman–Crippen LogP) is 1.14. The summed E-state index contributed by atoms with van der Waals surface area (Å²) in [5, 5.41) is 11.4. The zero-order valence-corrected chi connectivity index (χ0v) is 10.4. The van der Waals surface area contributed by atoms with Crippen molar-refractivity contribution >= 4 is 12.1 Å². The largest absolute Gasteiger partial charge is 0.480 e. The van der Waals surface area contributed by atoms with Gasteiger partial charge in [0.1, 0.15) is 5.60 Å². The van der Waals surface area contributed by atoms with Gasteiger partial charge in [-0.2, -0.15) is 0 Å². The molecule has 1 fully saturated rings. The Morgan fingerprint density at radius 1 is 1.47 bits per heavy atom. The summed E-state index contributed by atoms with van der Waals surface area (Å²) in [5.41, 5.74) is -0.649. The first-order valence-corrected chi connectivity index (χ1v) is 5.63. The first kappa shape index (κ1) is 13.8. The maximum Gasteiger partial charge on any atom is 0.408 e. The predicted molar refractivity (Wildman–Crippen MR) is 59.8 cm³/mol. The third-order valence-corrected chi connectivity index (χ3v) is 2.27. The molecule has 6 nitrogen and oxygen atoms in total. The molecule has 0 bridgehead atoms. The van der Waals surface area contributed by atoms with Gasteiger partial charge in [0, 0.05) is 6.61 Å². The second-order valence-corrected chi connectivity index (χ2v) is 5.01. The maximum absolute atomic E-state index is 11.5. The number of nitrogens with one attached hydrogen (secondary N) is 1. The summed E-state index contributed by atoms with van der Waals surface area (Å²) >= 11 is 0. The maximum atomic E-state index is 11.5. The van der Waals surface area contributed by atoms with E-state index in [4.69, 9.17) is 14.6 Å². The average Bonchev–Trinajstić information content (AvgIpc) is 2.63. The van der Waals surface area contributed by atoms with Gasteiger partial charge in [0.15, 0.2) is 6.04 Å². The van der Waals surface area contributed by atoms with Crippen LogP contribution in [0.15, 0.2) is 0 Å². The van der Waals surface area contributed by atoms with E-state index in [1.54, 1.807) is 20.8 Å². The molecule has 0 aromatic carbocycles. The molecule has 0 aliphatic carbocycles. The number of rotatable bonds is 3. The van der Waals surface area contributed by atoms with E-state index in [0.29, 0.717) is 13.0 Å². The molecule has 98 valence electrons. The molecule has 2 N–H and O–H groups in total. The average molecular weight is 245 g/mol. The molecule has 0 aromatic rings. The fourth-order valence-corrected chi connectivity index (χ4v) is 1.61. The molecule has 0 saturated carbocycles. The highest BCUT2D eigenvalue weighted by Gasteiger charge is 2.34. The lowest BCUT2D eigenvalue weighted by Gasteiger charge is -2.24. The van der Waals surface area contributed by atoms with Gasteiger partial charge >= 0.3 is 12.1 Å². The number of ether oxygens (including phenoxy) is 2. The second kappa shape index (κ2) is 5.35. The Morgan fingerprint density at radius 3 is 2.53 bits per heavy atom. The van der Waals surface area contributed by atoms with Gasteiger partial charge in [-0.05, 0) is 33.6 Å². The van der Waals surface area contributed by atoms with Crippen molar-refractivity contribution in [1.82, 2.24) is 5.32 Å². The zero-order valence-electron chi connectivity index (χ0n) is 10.4. The summed E-state index contributed by atoms with van der Waals surface area (Å²) in [7, 11) is 0. The summed E-state index contributed by atoms with van der Waals surface area (Å²) < 4.78 is 10.3. The molecular formula is C11H19NO5. The number of carbonyl (C=O) groups excluding carboxylic acids is 1. The number of hydrogen-bond acceptors (Lipinski definition) is 4. The number of carboxylic acid groups (broad SMARTS) is 1. The first-order chi connectivity index (χ1) is 7.79. The second-order valence-electron chi connectivity index (χ2n) is 5.01. The van der Waals surface area contributed by atoms with Crippen LogP contribution in [-0.2, 0) is 14.3 Å². The van der Waals surface area contributed by atoms with Crippen LogP contribution in [0, 0.1) is 0 Å². The van der Waals surface area contributed by atoms with Crippen LogP contribution in [0.5, 0.6) is 0 Å². The lowest BCUT2D eigenvalue weighted by Crippen LogP contribution is -2.49. The van der Waals surface area contributed by atoms with Crippen molar-refractivity contribution in [2.45, 2.75) is 51.4 Å². The monoisotopic (exact) mass is 245 g/mol. The third-order valence-electron chi connectivity index (χ3n) is 2.27. The van der Waals surface area contributed by atoms with Gasteiger partial charge in [0.25, 0.3) is 0 Å². The summed E-state index contributed by atoms with van der Waals surface area (Å²) in [6, 6.07) is -1.05. The van der Waals surface area contributed by atoms with Crippen molar-refractivity contribution in [3.8, 4) is 0 Å². The quantitative estimate of drug-likeness (QED) is 0.779. The number of hydrogen-bond donors (Lipinski definition) is 2. The normalized spacial score (nSPS) is 21.9. The summed E-state index contributed by atoms with van der Waals surface area (Å²) in [4.78, 5) is 22.5. The molecule has 17 heavy (non-hydrogen) atoms. The smallest absolute Gasteiger partial charge is 0.408 e. The molecule has 1 amide bonds. The SMILES string of the molecule is CC(C)(C)OC(=O)N[C@@H](C(=O)O)[C@H]1CCCO1. The molecule has 1 aliphatic heterocycles. The number of carbonyl (C=O) groups is 2. The van der Waals surface area contributed by atoms with Crippen LogP contribution in [0.1, 0.15) is 33.6 Å².